The molecule has 1 unspecified atom stereocenters. The number of benzene rings is 3. The molecule has 1 aliphatic rings. The van der Waals surface area contributed by atoms with E-state index in [9.17, 15) is 19.2 Å². The molecule has 6 nitrogen and oxygen atoms in total. The molecule has 0 radical (unpaired) electrons. The van der Waals surface area contributed by atoms with Gasteiger partial charge >= 0.3 is 0 Å². The van der Waals surface area contributed by atoms with Crippen molar-refractivity contribution in [3.05, 3.63) is 124 Å². The van der Waals surface area contributed by atoms with Gasteiger partial charge in [-0.1, -0.05) is 60.7 Å². The molecule has 2 amide bonds. The van der Waals surface area contributed by atoms with Gasteiger partial charge in [0.1, 0.15) is 23.2 Å². The molecule has 0 saturated heterocycles. The van der Waals surface area contributed by atoms with Gasteiger partial charge in [-0.3, -0.25) is 14.5 Å². The number of hydrogen-bond donors (Lipinski definition) is 0. The van der Waals surface area contributed by atoms with E-state index >= 15 is 0 Å². The number of imide groups is 1. The zero-order valence-electron chi connectivity index (χ0n) is 21.7. The number of aryl methyl sites for hydroxylation is 1. The van der Waals surface area contributed by atoms with Gasteiger partial charge in [-0.2, -0.15) is 10.4 Å². The lowest BCUT2D eigenvalue weighted by Crippen LogP contribution is -2.44. The van der Waals surface area contributed by atoms with Crippen LogP contribution in [0.25, 0.3) is 23.0 Å². The summed E-state index contributed by atoms with van der Waals surface area (Å²) in [5, 5.41) is 14.6. The first-order valence-corrected chi connectivity index (χ1v) is 12.5. The molecule has 0 aliphatic carbocycles. The minimum atomic E-state index is -0.630. The number of para-hydroxylation sites is 1. The van der Waals surface area contributed by atoms with Crippen LogP contribution in [0.3, 0.4) is 0 Å². The zero-order chi connectivity index (χ0) is 27.7. The summed E-state index contributed by atoms with van der Waals surface area (Å²) in [6.07, 6.45) is 3.38. The summed E-state index contributed by atoms with van der Waals surface area (Å²) in [6, 6.07) is 24.9. The third-order valence-corrected chi connectivity index (χ3v) is 6.95. The maximum absolute atomic E-state index is 14.6. The zero-order valence-corrected chi connectivity index (χ0v) is 21.7. The van der Waals surface area contributed by atoms with Gasteiger partial charge in [0, 0.05) is 22.9 Å². The van der Waals surface area contributed by atoms with Crippen LogP contribution in [0, 0.1) is 24.1 Å². The molecule has 1 atom stereocenters. The lowest BCUT2D eigenvalue weighted by Gasteiger charge is -2.32. The number of halogens is 1. The van der Waals surface area contributed by atoms with E-state index < -0.39 is 17.9 Å². The summed E-state index contributed by atoms with van der Waals surface area (Å²) in [4.78, 5) is 28.3. The van der Waals surface area contributed by atoms with Crippen LogP contribution in [0.4, 0.5) is 4.39 Å². The standard InChI is InChI=1S/C32H25FN4O2/c1-20-14-15-24(17-29(20)33)30-25(19-36(35-30)26-12-8-5-9-13-26)16-27-21(2)28(18-34)32(39)37(31(27)38)22(3)23-10-6-4-7-11-23/h4-17,19,22H,1-3H3/b27-16+. The van der Waals surface area contributed by atoms with Gasteiger partial charge in [0.15, 0.2) is 0 Å². The number of hydrogen-bond acceptors (Lipinski definition) is 4. The van der Waals surface area contributed by atoms with E-state index in [2.05, 4.69) is 0 Å². The highest BCUT2D eigenvalue weighted by atomic mass is 19.1. The Bertz CT molecular complexity index is 1700. The molecular weight excluding hydrogens is 491 g/mol. The summed E-state index contributed by atoms with van der Waals surface area (Å²) in [7, 11) is 0. The minimum absolute atomic E-state index is 0.0954. The summed E-state index contributed by atoms with van der Waals surface area (Å²) >= 11 is 0. The maximum atomic E-state index is 14.6. The molecule has 39 heavy (non-hydrogen) atoms. The largest absolute Gasteiger partial charge is 0.272 e. The monoisotopic (exact) mass is 516 g/mol. The Labute approximate surface area is 225 Å². The second kappa shape index (κ2) is 10.3. The fraction of sp³-hybridized carbons (Fsp3) is 0.125. The molecule has 0 spiro atoms. The summed E-state index contributed by atoms with van der Waals surface area (Å²) < 4.78 is 16.2. The number of carbonyl (C=O) groups is 2. The van der Waals surface area contributed by atoms with Crippen molar-refractivity contribution < 1.29 is 14.0 Å². The molecular formula is C32H25FN4O2. The highest BCUT2D eigenvalue weighted by Crippen LogP contribution is 2.35. The lowest BCUT2D eigenvalue weighted by atomic mass is 9.91. The maximum Gasteiger partial charge on any atom is 0.272 e. The molecule has 4 aromatic rings. The van der Waals surface area contributed by atoms with Crippen LogP contribution in [-0.4, -0.2) is 26.5 Å². The molecule has 2 heterocycles. The second-order valence-corrected chi connectivity index (χ2v) is 9.41. The average Bonchev–Trinajstić information content (AvgIpc) is 3.37. The molecule has 3 aromatic carbocycles. The molecule has 1 aliphatic heterocycles. The van der Waals surface area contributed by atoms with Crippen molar-refractivity contribution in [2.45, 2.75) is 26.8 Å². The fourth-order valence-corrected chi connectivity index (χ4v) is 4.66. The van der Waals surface area contributed by atoms with Gasteiger partial charge in [0.25, 0.3) is 11.8 Å². The topological polar surface area (TPSA) is 79.0 Å². The van der Waals surface area contributed by atoms with Gasteiger partial charge in [0.2, 0.25) is 0 Å². The van der Waals surface area contributed by atoms with Crippen LogP contribution in [-0.2, 0) is 9.59 Å². The van der Waals surface area contributed by atoms with Crippen molar-refractivity contribution >= 4 is 17.9 Å². The van der Waals surface area contributed by atoms with E-state index in [-0.39, 0.29) is 22.5 Å². The smallest absolute Gasteiger partial charge is 0.269 e. The average molecular weight is 517 g/mol. The van der Waals surface area contributed by atoms with Crippen molar-refractivity contribution in [3.63, 3.8) is 0 Å². The Balaban J connectivity index is 1.69. The van der Waals surface area contributed by atoms with Crippen molar-refractivity contribution in [1.82, 2.24) is 14.7 Å². The first kappa shape index (κ1) is 25.6. The van der Waals surface area contributed by atoms with Gasteiger partial charge in [-0.25, -0.2) is 9.07 Å². The molecule has 5 rings (SSSR count). The van der Waals surface area contributed by atoms with Crippen LogP contribution in [0.1, 0.15) is 36.6 Å². The predicted octanol–water partition coefficient (Wildman–Crippen LogP) is 6.34. The van der Waals surface area contributed by atoms with Gasteiger partial charge in [-0.15, -0.1) is 0 Å². The van der Waals surface area contributed by atoms with Gasteiger partial charge in [0.05, 0.1) is 11.7 Å². The van der Waals surface area contributed by atoms with Crippen LogP contribution in [0.5, 0.6) is 0 Å². The Hall–Kier alpha value is -5.09. The van der Waals surface area contributed by atoms with E-state index in [1.807, 2.05) is 66.7 Å². The molecule has 1 aromatic heterocycles. The lowest BCUT2D eigenvalue weighted by molar-refractivity contribution is -0.143. The molecule has 192 valence electrons. The van der Waals surface area contributed by atoms with Crippen molar-refractivity contribution in [2.24, 2.45) is 0 Å². The van der Waals surface area contributed by atoms with Crippen LogP contribution >= 0.6 is 0 Å². The summed E-state index contributed by atoms with van der Waals surface area (Å²) in [6.45, 7) is 5.03. The highest BCUT2D eigenvalue weighted by molar-refractivity contribution is 6.20. The van der Waals surface area contributed by atoms with E-state index in [1.165, 1.54) is 6.07 Å². The third kappa shape index (κ3) is 4.69. The molecule has 7 heteroatoms. The molecule has 0 bridgehead atoms. The van der Waals surface area contributed by atoms with E-state index in [0.29, 0.717) is 22.4 Å². The first-order valence-electron chi connectivity index (χ1n) is 12.5. The number of nitriles is 1. The van der Waals surface area contributed by atoms with E-state index in [4.69, 9.17) is 5.10 Å². The third-order valence-electron chi connectivity index (χ3n) is 6.95. The van der Waals surface area contributed by atoms with Gasteiger partial charge < -0.3 is 0 Å². The van der Waals surface area contributed by atoms with Gasteiger partial charge in [-0.05, 0) is 61.7 Å². The number of carbonyl (C=O) groups excluding carboxylic acids is 2. The van der Waals surface area contributed by atoms with Crippen molar-refractivity contribution in [1.29, 1.82) is 5.26 Å². The first-order chi connectivity index (χ1) is 18.8. The number of aromatic nitrogens is 2. The van der Waals surface area contributed by atoms with E-state index in [1.54, 1.807) is 49.9 Å². The Morgan fingerprint density at radius 1 is 0.949 bits per heavy atom. The SMILES string of the molecule is CC1=C(C#N)C(=O)N(C(C)c2ccccc2)C(=O)/C1=C/c1cn(-c2ccccc2)nc1-c1ccc(C)c(F)c1. The second-order valence-electron chi connectivity index (χ2n) is 9.41. The predicted molar refractivity (Wildman–Crippen MR) is 147 cm³/mol. The Morgan fingerprint density at radius 2 is 1.62 bits per heavy atom. The summed E-state index contributed by atoms with van der Waals surface area (Å²) in [5.74, 6) is -1.51. The molecule has 0 saturated carbocycles. The van der Waals surface area contributed by atoms with Crippen molar-refractivity contribution in [3.8, 4) is 23.0 Å². The van der Waals surface area contributed by atoms with Crippen LogP contribution < -0.4 is 0 Å². The number of rotatable bonds is 5. The summed E-state index contributed by atoms with van der Waals surface area (Å²) in [5.41, 5.74) is 4.00. The molecule has 0 N–H and O–H groups in total. The Kier molecular flexibility index (Phi) is 6.78. The van der Waals surface area contributed by atoms with Crippen molar-refractivity contribution in [2.75, 3.05) is 0 Å². The minimum Gasteiger partial charge on any atom is -0.269 e. The fourth-order valence-electron chi connectivity index (χ4n) is 4.66. The quantitative estimate of drug-likeness (QED) is 0.229. The molecule has 0 fully saturated rings. The Morgan fingerprint density at radius 3 is 2.26 bits per heavy atom. The van der Waals surface area contributed by atoms with Crippen LogP contribution in [0.2, 0.25) is 0 Å². The van der Waals surface area contributed by atoms with Crippen LogP contribution in [0.15, 0.2) is 102 Å². The highest BCUT2D eigenvalue weighted by Gasteiger charge is 2.38. The van der Waals surface area contributed by atoms with E-state index in [0.717, 1.165) is 16.2 Å². The number of amides is 2. The normalized spacial score (nSPS) is 15.6. The number of nitrogens with zero attached hydrogens (tertiary/aromatic N) is 4.